The van der Waals surface area contributed by atoms with E-state index >= 15 is 0 Å². The van der Waals surface area contributed by atoms with Crippen molar-refractivity contribution in [1.82, 2.24) is 5.32 Å². The third-order valence-electron chi connectivity index (χ3n) is 2.99. The molecule has 0 aromatic heterocycles. The van der Waals surface area contributed by atoms with Crippen LogP contribution in [0.5, 0.6) is 0 Å². The predicted molar refractivity (Wildman–Crippen MR) is 81.2 cm³/mol. The van der Waals surface area contributed by atoms with Gasteiger partial charge in [0, 0.05) is 12.6 Å². The van der Waals surface area contributed by atoms with E-state index < -0.39 is 0 Å². The van der Waals surface area contributed by atoms with Gasteiger partial charge in [0.05, 0.1) is 11.4 Å². The van der Waals surface area contributed by atoms with Gasteiger partial charge in [-0.25, -0.2) is 0 Å². The number of anilines is 2. The summed E-state index contributed by atoms with van der Waals surface area (Å²) in [6.45, 7) is 8.75. The average molecular weight is 263 g/mol. The lowest BCUT2D eigenvalue weighted by Crippen LogP contribution is -2.47. The molecule has 1 rings (SSSR count). The van der Waals surface area contributed by atoms with Gasteiger partial charge in [0.1, 0.15) is 6.04 Å². The fraction of sp³-hybridized carbons (Fsp3) is 0.533. The summed E-state index contributed by atoms with van der Waals surface area (Å²) < 4.78 is 0. The van der Waals surface area contributed by atoms with E-state index in [0.29, 0.717) is 5.69 Å². The summed E-state index contributed by atoms with van der Waals surface area (Å²) in [5, 5.41) is 2.95. The van der Waals surface area contributed by atoms with Crippen LogP contribution in [-0.4, -0.2) is 24.5 Å². The van der Waals surface area contributed by atoms with Crippen LogP contribution in [0.25, 0.3) is 0 Å². The zero-order valence-electron chi connectivity index (χ0n) is 12.3. The number of nitrogen functional groups attached to an aromatic ring is 1. The monoisotopic (exact) mass is 263 g/mol. The van der Waals surface area contributed by atoms with Crippen molar-refractivity contribution in [2.24, 2.45) is 0 Å². The second-order valence-corrected chi connectivity index (χ2v) is 5.09. The van der Waals surface area contributed by atoms with Crippen LogP contribution in [0.1, 0.15) is 34.1 Å². The zero-order valence-corrected chi connectivity index (χ0v) is 12.3. The maximum absolute atomic E-state index is 12.2. The quantitative estimate of drug-likeness (QED) is 0.775. The highest BCUT2D eigenvalue weighted by Crippen LogP contribution is 2.24. The Morgan fingerprint density at radius 3 is 2.47 bits per heavy atom. The number of carbonyl (C=O) groups is 1. The van der Waals surface area contributed by atoms with Gasteiger partial charge in [0.15, 0.2) is 0 Å². The van der Waals surface area contributed by atoms with E-state index in [1.165, 1.54) is 0 Å². The molecule has 0 aliphatic rings. The smallest absolute Gasteiger partial charge is 0.242 e. The summed E-state index contributed by atoms with van der Waals surface area (Å²) in [5.41, 5.74) is 7.65. The third-order valence-corrected chi connectivity index (χ3v) is 2.99. The number of amides is 1. The molecule has 1 aromatic rings. The van der Waals surface area contributed by atoms with Crippen LogP contribution in [0, 0.1) is 0 Å². The van der Waals surface area contributed by atoms with E-state index in [1.807, 2.05) is 45.0 Å². The van der Waals surface area contributed by atoms with Crippen molar-refractivity contribution < 1.29 is 4.79 Å². The van der Waals surface area contributed by atoms with Crippen molar-refractivity contribution in [3.63, 3.8) is 0 Å². The third kappa shape index (κ3) is 4.16. The number of nitrogens with two attached hydrogens (primary N) is 1. The molecule has 19 heavy (non-hydrogen) atoms. The maximum Gasteiger partial charge on any atom is 0.242 e. The molecule has 0 bridgehead atoms. The number of nitrogens with zero attached hydrogens (tertiary/aromatic N) is 1. The average Bonchev–Trinajstić information content (AvgIpc) is 2.35. The number of benzene rings is 1. The summed E-state index contributed by atoms with van der Waals surface area (Å²) in [6, 6.07) is 7.59. The first kappa shape index (κ1) is 15.3. The summed E-state index contributed by atoms with van der Waals surface area (Å²) >= 11 is 0. The van der Waals surface area contributed by atoms with E-state index in [-0.39, 0.29) is 18.0 Å². The Balaban J connectivity index is 2.94. The van der Waals surface area contributed by atoms with Crippen LogP contribution in [0.4, 0.5) is 11.4 Å². The minimum atomic E-state index is -0.230. The lowest BCUT2D eigenvalue weighted by molar-refractivity contribution is -0.122. The van der Waals surface area contributed by atoms with Gasteiger partial charge < -0.3 is 16.0 Å². The van der Waals surface area contributed by atoms with Gasteiger partial charge in [-0.2, -0.15) is 0 Å². The van der Waals surface area contributed by atoms with Crippen molar-refractivity contribution >= 4 is 17.3 Å². The zero-order chi connectivity index (χ0) is 14.4. The molecule has 0 radical (unpaired) electrons. The van der Waals surface area contributed by atoms with Gasteiger partial charge in [0.2, 0.25) is 5.91 Å². The van der Waals surface area contributed by atoms with Crippen LogP contribution >= 0.6 is 0 Å². The first-order chi connectivity index (χ1) is 8.97. The number of hydrogen-bond donors (Lipinski definition) is 2. The molecule has 4 nitrogen and oxygen atoms in total. The van der Waals surface area contributed by atoms with Crippen LogP contribution in [0.15, 0.2) is 24.3 Å². The summed E-state index contributed by atoms with van der Waals surface area (Å²) in [6.07, 6.45) is 0.966. The molecule has 1 aromatic carbocycles. The Kier molecular flexibility index (Phi) is 5.67. The SMILES string of the molecule is CCCN(c1ccccc1N)C(C)C(=O)NC(C)C. The molecule has 3 N–H and O–H groups in total. The van der Waals surface area contributed by atoms with E-state index in [2.05, 4.69) is 17.1 Å². The lowest BCUT2D eigenvalue weighted by Gasteiger charge is -2.31. The Morgan fingerprint density at radius 2 is 1.95 bits per heavy atom. The van der Waals surface area contributed by atoms with Gasteiger partial charge in [-0.1, -0.05) is 19.1 Å². The van der Waals surface area contributed by atoms with Gasteiger partial charge in [0.25, 0.3) is 0 Å². The molecule has 106 valence electrons. The van der Waals surface area contributed by atoms with Gasteiger partial charge in [-0.3, -0.25) is 4.79 Å². The molecule has 1 atom stereocenters. The molecule has 0 saturated carbocycles. The fourth-order valence-electron chi connectivity index (χ4n) is 2.06. The molecule has 1 amide bonds. The summed E-state index contributed by atoms with van der Waals surface area (Å²) in [4.78, 5) is 14.2. The predicted octanol–water partition coefficient (Wildman–Crippen LogP) is 2.40. The van der Waals surface area contributed by atoms with E-state index in [4.69, 9.17) is 5.73 Å². The minimum Gasteiger partial charge on any atom is -0.397 e. The van der Waals surface area contributed by atoms with Crippen molar-refractivity contribution in [2.75, 3.05) is 17.2 Å². The molecular formula is C15H25N3O. The first-order valence-electron chi connectivity index (χ1n) is 6.88. The molecule has 1 unspecified atom stereocenters. The van der Waals surface area contributed by atoms with Crippen molar-refractivity contribution in [2.45, 2.75) is 46.2 Å². The largest absolute Gasteiger partial charge is 0.397 e. The molecule has 0 aliphatic heterocycles. The highest BCUT2D eigenvalue weighted by Gasteiger charge is 2.22. The second kappa shape index (κ2) is 7.02. The summed E-state index contributed by atoms with van der Waals surface area (Å²) in [5.74, 6) is 0.0340. The van der Waals surface area contributed by atoms with E-state index in [1.54, 1.807) is 0 Å². The van der Waals surface area contributed by atoms with E-state index in [0.717, 1.165) is 18.7 Å². The van der Waals surface area contributed by atoms with Crippen LogP contribution in [0.3, 0.4) is 0 Å². The number of para-hydroxylation sites is 2. The van der Waals surface area contributed by atoms with Crippen LogP contribution in [0.2, 0.25) is 0 Å². The molecule has 0 heterocycles. The minimum absolute atomic E-state index is 0.0340. The Bertz CT molecular complexity index is 418. The molecule has 0 saturated heterocycles. The maximum atomic E-state index is 12.2. The van der Waals surface area contributed by atoms with E-state index in [9.17, 15) is 4.79 Å². The van der Waals surface area contributed by atoms with Crippen molar-refractivity contribution in [3.8, 4) is 0 Å². The standard InChI is InChI=1S/C15H25N3O/c1-5-10-18(12(4)15(19)17-11(2)3)14-9-7-6-8-13(14)16/h6-9,11-12H,5,10,16H2,1-4H3,(H,17,19). The molecule has 0 spiro atoms. The normalized spacial score (nSPS) is 12.3. The molecule has 0 aliphatic carbocycles. The molecular weight excluding hydrogens is 238 g/mol. The summed E-state index contributed by atoms with van der Waals surface area (Å²) in [7, 11) is 0. The van der Waals surface area contributed by atoms with Gasteiger partial charge in [-0.15, -0.1) is 0 Å². The topological polar surface area (TPSA) is 58.4 Å². The van der Waals surface area contributed by atoms with Gasteiger partial charge >= 0.3 is 0 Å². The molecule has 4 heteroatoms. The second-order valence-electron chi connectivity index (χ2n) is 5.09. The van der Waals surface area contributed by atoms with Crippen LogP contribution < -0.4 is 16.0 Å². The first-order valence-corrected chi connectivity index (χ1v) is 6.88. The van der Waals surface area contributed by atoms with Gasteiger partial charge in [-0.05, 0) is 39.3 Å². The Labute approximate surface area is 116 Å². The lowest BCUT2D eigenvalue weighted by atomic mass is 10.1. The molecule has 0 fully saturated rings. The number of hydrogen-bond acceptors (Lipinski definition) is 3. The fourth-order valence-corrected chi connectivity index (χ4v) is 2.06. The Hall–Kier alpha value is -1.71. The number of carbonyl (C=O) groups excluding carboxylic acids is 1. The Morgan fingerprint density at radius 1 is 1.32 bits per heavy atom. The van der Waals surface area contributed by atoms with Crippen molar-refractivity contribution in [3.05, 3.63) is 24.3 Å². The highest BCUT2D eigenvalue weighted by molar-refractivity contribution is 5.86. The number of nitrogens with one attached hydrogen (secondary N) is 1. The highest BCUT2D eigenvalue weighted by atomic mass is 16.2. The van der Waals surface area contributed by atoms with Crippen LogP contribution in [-0.2, 0) is 4.79 Å². The van der Waals surface area contributed by atoms with Crippen molar-refractivity contribution in [1.29, 1.82) is 0 Å². The number of rotatable bonds is 6.